The normalized spacial score (nSPS) is 10.8. The average molecular weight is 231 g/mol. The monoisotopic (exact) mass is 230 g/mol. The van der Waals surface area contributed by atoms with Gasteiger partial charge in [-0.15, -0.1) is 11.6 Å². The van der Waals surface area contributed by atoms with Crippen molar-refractivity contribution in [2.45, 2.75) is 6.42 Å². The second-order valence-corrected chi connectivity index (χ2v) is 3.56. The van der Waals surface area contributed by atoms with E-state index in [0.29, 0.717) is 16.7 Å². The standard InChI is InChI=1S/C11H12Cl2O/c1-14-11-8-9(4-2-3-7-12)5-6-10(11)13/h2,4-6,8H,3,7H2,1H3. The van der Waals surface area contributed by atoms with E-state index in [2.05, 4.69) is 0 Å². The van der Waals surface area contributed by atoms with Crippen molar-refractivity contribution < 1.29 is 4.74 Å². The molecule has 0 amide bonds. The second-order valence-electron chi connectivity index (χ2n) is 2.77. The van der Waals surface area contributed by atoms with Crippen molar-refractivity contribution in [3.8, 4) is 5.75 Å². The van der Waals surface area contributed by atoms with Gasteiger partial charge >= 0.3 is 0 Å². The lowest BCUT2D eigenvalue weighted by atomic mass is 10.2. The van der Waals surface area contributed by atoms with Gasteiger partial charge in [-0.3, -0.25) is 0 Å². The zero-order valence-electron chi connectivity index (χ0n) is 7.97. The lowest BCUT2D eigenvalue weighted by Gasteiger charge is -2.03. The van der Waals surface area contributed by atoms with Gasteiger partial charge in [0.25, 0.3) is 0 Å². The number of methoxy groups -OCH3 is 1. The first-order valence-electron chi connectivity index (χ1n) is 4.34. The molecule has 0 saturated heterocycles. The Morgan fingerprint density at radius 2 is 2.21 bits per heavy atom. The molecule has 0 N–H and O–H groups in total. The van der Waals surface area contributed by atoms with Crippen molar-refractivity contribution in [3.63, 3.8) is 0 Å². The number of halogens is 2. The van der Waals surface area contributed by atoms with E-state index in [1.54, 1.807) is 7.11 Å². The summed E-state index contributed by atoms with van der Waals surface area (Å²) in [6, 6.07) is 5.66. The summed E-state index contributed by atoms with van der Waals surface area (Å²) in [4.78, 5) is 0. The van der Waals surface area contributed by atoms with Crippen LogP contribution in [0.4, 0.5) is 0 Å². The predicted molar refractivity (Wildman–Crippen MR) is 62.4 cm³/mol. The summed E-state index contributed by atoms with van der Waals surface area (Å²) in [5.41, 5.74) is 1.07. The molecule has 0 heterocycles. The van der Waals surface area contributed by atoms with Crippen molar-refractivity contribution in [1.82, 2.24) is 0 Å². The van der Waals surface area contributed by atoms with Gasteiger partial charge in [0, 0.05) is 5.88 Å². The number of ether oxygens (including phenoxy) is 1. The van der Waals surface area contributed by atoms with E-state index in [1.807, 2.05) is 30.4 Å². The summed E-state index contributed by atoms with van der Waals surface area (Å²) in [5.74, 6) is 1.33. The lowest BCUT2D eigenvalue weighted by molar-refractivity contribution is 0.415. The predicted octanol–water partition coefficient (Wildman–Crippen LogP) is 3.99. The quantitative estimate of drug-likeness (QED) is 0.712. The molecule has 3 heteroatoms. The first-order valence-corrected chi connectivity index (χ1v) is 5.25. The van der Waals surface area contributed by atoms with E-state index in [1.165, 1.54) is 0 Å². The van der Waals surface area contributed by atoms with Gasteiger partial charge in [0.05, 0.1) is 12.1 Å². The highest BCUT2D eigenvalue weighted by Crippen LogP contribution is 2.25. The van der Waals surface area contributed by atoms with Crippen molar-refractivity contribution in [3.05, 3.63) is 34.9 Å². The number of hydrogen-bond donors (Lipinski definition) is 0. The van der Waals surface area contributed by atoms with Crippen LogP contribution in [-0.2, 0) is 0 Å². The SMILES string of the molecule is COc1cc(C=CCCCl)ccc1Cl. The van der Waals surface area contributed by atoms with E-state index in [4.69, 9.17) is 27.9 Å². The molecule has 1 nitrogen and oxygen atoms in total. The molecule has 76 valence electrons. The molecule has 0 radical (unpaired) electrons. The van der Waals surface area contributed by atoms with Crippen LogP contribution < -0.4 is 4.74 Å². The summed E-state index contributed by atoms with van der Waals surface area (Å²) < 4.78 is 5.10. The minimum Gasteiger partial charge on any atom is -0.495 e. The Morgan fingerprint density at radius 3 is 2.86 bits per heavy atom. The summed E-state index contributed by atoms with van der Waals surface area (Å²) >= 11 is 11.4. The van der Waals surface area contributed by atoms with Gasteiger partial charge in [-0.05, 0) is 24.1 Å². The lowest BCUT2D eigenvalue weighted by Crippen LogP contribution is -1.84. The van der Waals surface area contributed by atoms with Crippen LogP contribution in [0.3, 0.4) is 0 Å². The summed E-state index contributed by atoms with van der Waals surface area (Å²) in [5, 5.41) is 0.627. The van der Waals surface area contributed by atoms with Crippen LogP contribution in [0.25, 0.3) is 6.08 Å². The van der Waals surface area contributed by atoms with E-state index >= 15 is 0 Å². The van der Waals surface area contributed by atoms with Gasteiger partial charge < -0.3 is 4.74 Å². The van der Waals surface area contributed by atoms with Crippen LogP contribution >= 0.6 is 23.2 Å². The summed E-state index contributed by atoms with van der Waals surface area (Å²) in [6.07, 6.45) is 4.89. The first kappa shape index (κ1) is 11.4. The highest BCUT2D eigenvalue weighted by Gasteiger charge is 1.98. The fourth-order valence-corrected chi connectivity index (χ4v) is 1.38. The van der Waals surface area contributed by atoms with Crippen LogP contribution in [0, 0.1) is 0 Å². The van der Waals surface area contributed by atoms with Crippen LogP contribution in [0.5, 0.6) is 5.75 Å². The number of benzene rings is 1. The fourth-order valence-electron chi connectivity index (χ4n) is 1.06. The number of alkyl halides is 1. The Hall–Kier alpha value is -0.660. The number of allylic oxidation sites excluding steroid dienone is 1. The molecule has 0 atom stereocenters. The Bertz CT molecular complexity index is 321. The summed E-state index contributed by atoms with van der Waals surface area (Å²) in [6.45, 7) is 0. The molecule has 0 bridgehead atoms. The minimum atomic E-state index is 0.627. The third kappa shape index (κ3) is 3.24. The highest BCUT2D eigenvalue weighted by atomic mass is 35.5. The summed E-state index contributed by atoms with van der Waals surface area (Å²) in [7, 11) is 1.60. The molecule has 0 aliphatic rings. The molecular weight excluding hydrogens is 219 g/mol. The molecule has 0 aliphatic heterocycles. The maximum atomic E-state index is 5.89. The van der Waals surface area contributed by atoms with Crippen LogP contribution in [-0.4, -0.2) is 13.0 Å². The molecular formula is C11H12Cl2O. The molecule has 1 aromatic rings. The van der Waals surface area contributed by atoms with Crippen LogP contribution in [0.15, 0.2) is 24.3 Å². The molecule has 1 aromatic carbocycles. The molecule has 0 fully saturated rings. The van der Waals surface area contributed by atoms with Gasteiger partial charge in [0.1, 0.15) is 5.75 Å². The topological polar surface area (TPSA) is 9.23 Å². The second kappa shape index (κ2) is 5.94. The Labute approximate surface area is 94.3 Å². The van der Waals surface area contributed by atoms with E-state index in [0.717, 1.165) is 12.0 Å². The fraction of sp³-hybridized carbons (Fsp3) is 0.273. The molecule has 0 saturated carbocycles. The molecule has 14 heavy (non-hydrogen) atoms. The zero-order valence-corrected chi connectivity index (χ0v) is 9.48. The zero-order chi connectivity index (χ0) is 10.4. The largest absolute Gasteiger partial charge is 0.495 e. The number of rotatable bonds is 4. The van der Waals surface area contributed by atoms with Gasteiger partial charge in [-0.2, -0.15) is 0 Å². The van der Waals surface area contributed by atoms with Crippen LogP contribution in [0.1, 0.15) is 12.0 Å². The number of hydrogen-bond acceptors (Lipinski definition) is 1. The smallest absolute Gasteiger partial charge is 0.138 e. The highest BCUT2D eigenvalue weighted by molar-refractivity contribution is 6.32. The molecule has 1 rings (SSSR count). The van der Waals surface area contributed by atoms with Crippen molar-refractivity contribution in [1.29, 1.82) is 0 Å². The minimum absolute atomic E-state index is 0.627. The first-order chi connectivity index (χ1) is 6.77. The molecule has 0 spiro atoms. The van der Waals surface area contributed by atoms with Gasteiger partial charge in [0.15, 0.2) is 0 Å². The van der Waals surface area contributed by atoms with E-state index in [-0.39, 0.29) is 0 Å². The Kier molecular flexibility index (Phi) is 4.85. The van der Waals surface area contributed by atoms with Gasteiger partial charge in [-0.1, -0.05) is 29.8 Å². The average Bonchev–Trinajstić information content (AvgIpc) is 2.21. The third-order valence-electron chi connectivity index (χ3n) is 1.76. The van der Waals surface area contributed by atoms with E-state index in [9.17, 15) is 0 Å². The van der Waals surface area contributed by atoms with Crippen molar-refractivity contribution >= 4 is 29.3 Å². The maximum absolute atomic E-state index is 5.89. The van der Waals surface area contributed by atoms with Crippen molar-refractivity contribution in [2.75, 3.05) is 13.0 Å². The molecule has 0 aromatic heterocycles. The molecule has 0 unspecified atom stereocenters. The molecule has 0 aliphatic carbocycles. The maximum Gasteiger partial charge on any atom is 0.138 e. The van der Waals surface area contributed by atoms with Gasteiger partial charge in [0.2, 0.25) is 0 Å². The Morgan fingerprint density at radius 1 is 1.43 bits per heavy atom. The van der Waals surface area contributed by atoms with Gasteiger partial charge in [-0.25, -0.2) is 0 Å². The third-order valence-corrected chi connectivity index (χ3v) is 2.29. The Balaban J connectivity index is 2.79. The van der Waals surface area contributed by atoms with Crippen LogP contribution in [0.2, 0.25) is 5.02 Å². The van der Waals surface area contributed by atoms with Crippen molar-refractivity contribution in [2.24, 2.45) is 0 Å². The van der Waals surface area contributed by atoms with E-state index < -0.39 is 0 Å².